The molecule has 2 aromatic rings. The Bertz CT molecular complexity index is 760. The van der Waals surface area contributed by atoms with E-state index in [1.54, 1.807) is 19.2 Å². The van der Waals surface area contributed by atoms with Gasteiger partial charge in [-0.3, -0.25) is 0 Å². The van der Waals surface area contributed by atoms with Gasteiger partial charge in [0.15, 0.2) is 0 Å². The minimum atomic E-state index is -4.38. The number of hydrogen-bond donors (Lipinski definition) is 0. The van der Waals surface area contributed by atoms with Crippen molar-refractivity contribution in [3.63, 3.8) is 0 Å². The van der Waals surface area contributed by atoms with Gasteiger partial charge in [0, 0.05) is 17.8 Å². The van der Waals surface area contributed by atoms with Crippen LogP contribution in [-0.2, 0) is 15.7 Å². The van der Waals surface area contributed by atoms with Gasteiger partial charge in [-0.2, -0.15) is 18.3 Å². The van der Waals surface area contributed by atoms with E-state index in [0.29, 0.717) is 11.3 Å². The monoisotopic (exact) mass is 352 g/mol. The first-order valence-electron chi connectivity index (χ1n) is 7.84. The molecule has 0 saturated heterocycles. The van der Waals surface area contributed by atoms with Gasteiger partial charge in [0.2, 0.25) is 0 Å². The first-order valence-corrected chi connectivity index (χ1v) is 7.84. The molecule has 0 bridgehead atoms. The van der Waals surface area contributed by atoms with Crippen LogP contribution in [0.25, 0.3) is 11.8 Å². The van der Waals surface area contributed by atoms with Crippen molar-refractivity contribution in [2.75, 3.05) is 6.61 Å². The molecule has 4 nitrogen and oxygen atoms in total. The van der Waals surface area contributed by atoms with Gasteiger partial charge in [0.1, 0.15) is 0 Å². The number of nitrogens with zero attached hydrogens (tertiary/aromatic N) is 2. The van der Waals surface area contributed by atoms with E-state index in [1.807, 2.05) is 13.8 Å². The van der Waals surface area contributed by atoms with Crippen molar-refractivity contribution >= 4 is 12.0 Å². The van der Waals surface area contributed by atoms with Crippen LogP contribution < -0.4 is 0 Å². The molecule has 134 valence electrons. The van der Waals surface area contributed by atoms with Crippen LogP contribution in [0.15, 0.2) is 36.5 Å². The average molecular weight is 352 g/mol. The molecule has 0 N–H and O–H groups in total. The summed E-state index contributed by atoms with van der Waals surface area (Å²) < 4.78 is 44.3. The fourth-order valence-electron chi connectivity index (χ4n) is 2.26. The van der Waals surface area contributed by atoms with Crippen molar-refractivity contribution in [1.29, 1.82) is 0 Å². The molecule has 2 rings (SSSR count). The molecule has 0 unspecified atom stereocenters. The summed E-state index contributed by atoms with van der Waals surface area (Å²) in [5, 5.41) is 4.43. The number of hydrogen-bond acceptors (Lipinski definition) is 3. The van der Waals surface area contributed by atoms with Gasteiger partial charge < -0.3 is 4.74 Å². The molecule has 0 aliphatic rings. The van der Waals surface area contributed by atoms with Crippen LogP contribution in [0.4, 0.5) is 13.2 Å². The van der Waals surface area contributed by atoms with Gasteiger partial charge in [-0.1, -0.05) is 13.8 Å². The molecule has 1 aromatic carbocycles. The predicted octanol–water partition coefficient (Wildman–Crippen LogP) is 4.59. The SMILES string of the molecule is CCOC(=O)C=Cc1cn(-c2ccc(C(F)(F)F)cc2)nc1C(C)C. The maximum atomic E-state index is 12.7. The highest BCUT2D eigenvalue weighted by atomic mass is 19.4. The van der Waals surface area contributed by atoms with Crippen molar-refractivity contribution in [2.45, 2.75) is 32.9 Å². The molecule has 1 aromatic heterocycles. The maximum Gasteiger partial charge on any atom is 0.416 e. The number of aromatic nitrogens is 2. The van der Waals surface area contributed by atoms with Gasteiger partial charge in [-0.05, 0) is 43.2 Å². The highest BCUT2D eigenvalue weighted by molar-refractivity contribution is 5.87. The number of esters is 1. The summed E-state index contributed by atoms with van der Waals surface area (Å²) in [5.74, 6) is -0.378. The van der Waals surface area contributed by atoms with E-state index in [2.05, 4.69) is 5.10 Å². The van der Waals surface area contributed by atoms with Crippen LogP contribution >= 0.6 is 0 Å². The van der Waals surface area contributed by atoms with Crippen molar-refractivity contribution in [3.05, 3.63) is 53.4 Å². The minimum Gasteiger partial charge on any atom is -0.463 e. The standard InChI is InChI=1S/C18H19F3N2O2/c1-4-25-16(24)10-5-13-11-23(22-17(13)12(2)3)15-8-6-14(7-9-15)18(19,20)21/h5-12H,4H2,1-3H3. The molecule has 0 atom stereocenters. The lowest BCUT2D eigenvalue weighted by atomic mass is 10.1. The molecule has 0 fully saturated rings. The van der Waals surface area contributed by atoms with Crippen molar-refractivity contribution in [3.8, 4) is 5.69 Å². The normalized spacial score (nSPS) is 12.1. The first-order chi connectivity index (χ1) is 11.7. The molecule has 0 aliphatic heterocycles. The average Bonchev–Trinajstić information content (AvgIpc) is 2.97. The molecule has 0 amide bonds. The molecule has 0 saturated carbocycles. The maximum absolute atomic E-state index is 12.7. The Hall–Kier alpha value is -2.57. The summed E-state index contributed by atoms with van der Waals surface area (Å²) in [4.78, 5) is 11.5. The van der Waals surface area contributed by atoms with E-state index in [0.717, 1.165) is 17.8 Å². The largest absolute Gasteiger partial charge is 0.463 e. The molecular formula is C18H19F3N2O2. The molecule has 0 spiro atoms. The van der Waals surface area contributed by atoms with Crippen LogP contribution in [0.1, 0.15) is 43.5 Å². The van der Waals surface area contributed by atoms with Crippen LogP contribution in [-0.4, -0.2) is 22.4 Å². The number of carbonyl (C=O) groups is 1. The topological polar surface area (TPSA) is 44.1 Å². The Morgan fingerprint density at radius 1 is 1.28 bits per heavy atom. The Morgan fingerprint density at radius 3 is 2.44 bits per heavy atom. The lowest BCUT2D eigenvalue weighted by molar-refractivity contribution is -0.138. The summed E-state index contributed by atoms with van der Waals surface area (Å²) in [6.07, 6.45) is 0.206. The smallest absolute Gasteiger partial charge is 0.416 e. The zero-order valence-electron chi connectivity index (χ0n) is 14.2. The number of halogens is 3. The molecule has 7 heteroatoms. The first kappa shape index (κ1) is 18.8. The van der Waals surface area contributed by atoms with Crippen LogP contribution in [0.5, 0.6) is 0 Å². The molecule has 0 aliphatic carbocycles. The van der Waals surface area contributed by atoms with E-state index in [1.165, 1.54) is 22.9 Å². The van der Waals surface area contributed by atoms with Crippen LogP contribution in [0.3, 0.4) is 0 Å². The zero-order chi connectivity index (χ0) is 18.6. The third kappa shape index (κ3) is 4.71. The predicted molar refractivity (Wildman–Crippen MR) is 88.3 cm³/mol. The molecular weight excluding hydrogens is 333 g/mol. The summed E-state index contributed by atoms with van der Waals surface area (Å²) in [7, 11) is 0. The van der Waals surface area contributed by atoms with E-state index in [9.17, 15) is 18.0 Å². The van der Waals surface area contributed by atoms with Gasteiger partial charge in [-0.15, -0.1) is 0 Å². The Balaban J connectivity index is 2.33. The van der Waals surface area contributed by atoms with Crippen LogP contribution in [0.2, 0.25) is 0 Å². The minimum absolute atomic E-state index is 0.0811. The number of alkyl halides is 3. The second kappa shape index (κ2) is 7.55. The van der Waals surface area contributed by atoms with Gasteiger partial charge in [-0.25, -0.2) is 9.48 Å². The lowest BCUT2D eigenvalue weighted by Gasteiger charge is -2.07. The molecule has 0 radical (unpaired) electrons. The number of carbonyl (C=O) groups excluding carboxylic acids is 1. The van der Waals surface area contributed by atoms with Crippen molar-refractivity contribution in [1.82, 2.24) is 9.78 Å². The second-order valence-corrected chi connectivity index (χ2v) is 5.70. The third-order valence-electron chi connectivity index (χ3n) is 3.46. The van der Waals surface area contributed by atoms with Crippen molar-refractivity contribution < 1.29 is 22.7 Å². The highest BCUT2D eigenvalue weighted by Gasteiger charge is 2.30. The van der Waals surface area contributed by atoms with E-state index < -0.39 is 17.7 Å². The van der Waals surface area contributed by atoms with E-state index in [-0.39, 0.29) is 12.5 Å². The van der Waals surface area contributed by atoms with Gasteiger partial charge >= 0.3 is 12.1 Å². The Kier molecular flexibility index (Phi) is 5.66. The second-order valence-electron chi connectivity index (χ2n) is 5.70. The lowest BCUT2D eigenvalue weighted by Crippen LogP contribution is -2.05. The van der Waals surface area contributed by atoms with Gasteiger partial charge in [0.05, 0.1) is 23.6 Å². The zero-order valence-corrected chi connectivity index (χ0v) is 14.2. The highest BCUT2D eigenvalue weighted by Crippen LogP contribution is 2.30. The number of ether oxygens (including phenoxy) is 1. The third-order valence-corrected chi connectivity index (χ3v) is 3.46. The Morgan fingerprint density at radius 2 is 1.92 bits per heavy atom. The van der Waals surface area contributed by atoms with Crippen molar-refractivity contribution in [2.24, 2.45) is 0 Å². The van der Waals surface area contributed by atoms with Gasteiger partial charge in [0.25, 0.3) is 0 Å². The summed E-state index contributed by atoms with van der Waals surface area (Å²) in [6.45, 7) is 5.89. The summed E-state index contributed by atoms with van der Waals surface area (Å²) in [5.41, 5.74) is 1.24. The molecule has 1 heterocycles. The number of rotatable bonds is 5. The van der Waals surface area contributed by atoms with E-state index in [4.69, 9.17) is 4.74 Å². The summed E-state index contributed by atoms with van der Waals surface area (Å²) >= 11 is 0. The van der Waals surface area contributed by atoms with Crippen LogP contribution in [0, 0.1) is 0 Å². The number of benzene rings is 1. The quantitative estimate of drug-likeness (QED) is 0.584. The Labute approximate surface area is 143 Å². The fraction of sp³-hybridized carbons (Fsp3) is 0.333. The molecule has 25 heavy (non-hydrogen) atoms. The fourth-order valence-corrected chi connectivity index (χ4v) is 2.26. The summed E-state index contributed by atoms with van der Waals surface area (Å²) in [6, 6.07) is 4.75. The van der Waals surface area contributed by atoms with E-state index >= 15 is 0 Å².